The van der Waals surface area contributed by atoms with Crippen LogP contribution in [0, 0.1) is 16.0 Å². The number of urea groups is 1. The number of carbonyl (C=O) groups excluding carboxylic acids is 1. The molecule has 2 amide bonds. The third-order valence-corrected chi connectivity index (χ3v) is 3.69. The van der Waals surface area contributed by atoms with Crippen molar-refractivity contribution in [3.05, 3.63) is 33.3 Å². The summed E-state index contributed by atoms with van der Waals surface area (Å²) in [4.78, 5) is 23.4. The van der Waals surface area contributed by atoms with Crippen LogP contribution in [0.15, 0.2) is 18.2 Å². The van der Waals surface area contributed by atoms with E-state index in [4.69, 9.17) is 11.6 Å². The maximum absolute atomic E-state index is 12.0. The third-order valence-electron chi connectivity index (χ3n) is 3.38. The average molecular weight is 314 g/mol. The van der Waals surface area contributed by atoms with Crippen LogP contribution in [0.4, 0.5) is 16.2 Å². The van der Waals surface area contributed by atoms with Crippen molar-refractivity contribution in [2.75, 3.05) is 18.9 Å². The number of hydrogen-bond donors (Lipinski definition) is 2. The van der Waals surface area contributed by atoms with Crippen molar-refractivity contribution in [1.29, 1.82) is 0 Å². The summed E-state index contributed by atoms with van der Waals surface area (Å²) in [6, 6.07) is 3.39. The number of nitrogens with zero attached hydrogens (tertiary/aromatic N) is 2. The van der Waals surface area contributed by atoms with Gasteiger partial charge in [0.2, 0.25) is 0 Å². The summed E-state index contributed by atoms with van der Waals surface area (Å²) in [6.07, 6.45) is 1.46. The van der Waals surface area contributed by atoms with Gasteiger partial charge in [-0.05, 0) is 24.8 Å². The predicted octanol–water partition coefficient (Wildman–Crippen LogP) is 2.48. The van der Waals surface area contributed by atoms with E-state index in [0.29, 0.717) is 5.69 Å². The minimum atomic E-state index is -0.560. The second-order valence-corrected chi connectivity index (χ2v) is 5.54. The number of nitro benzene ring substituents is 1. The SMILES string of the molecule is CN(CC(O)C1CC1)C(=O)Nc1ccc([N+](=O)[O-])cc1Cl. The number of aliphatic hydroxyl groups excluding tert-OH is 1. The van der Waals surface area contributed by atoms with Crippen LogP contribution in [-0.2, 0) is 0 Å². The first-order valence-corrected chi connectivity index (χ1v) is 6.90. The predicted molar refractivity (Wildman–Crippen MR) is 78.5 cm³/mol. The summed E-state index contributed by atoms with van der Waals surface area (Å²) in [6.45, 7) is 0.237. The van der Waals surface area contributed by atoms with E-state index in [1.807, 2.05) is 0 Å². The van der Waals surface area contributed by atoms with Crippen LogP contribution in [0.1, 0.15) is 12.8 Å². The fraction of sp³-hybridized carbons (Fsp3) is 0.462. The van der Waals surface area contributed by atoms with Gasteiger partial charge in [0.15, 0.2) is 0 Å². The first-order valence-electron chi connectivity index (χ1n) is 6.52. The highest BCUT2D eigenvalue weighted by Crippen LogP contribution is 2.33. The van der Waals surface area contributed by atoms with Crippen LogP contribution in [-0.4, -0.2) is 40.7 Å². The molecule has 0 saturated heterocycles. The number of nitro groups is 1. The molecule has 1 aliphatic carbocycles. The molecule has 0 aliphatic heterocycles. The first kappa shape index (κ1) is 15.5. The summed E-state index contributed by atoms with van der Waals surface area (Å²) in [7, 11) is 1.57. The zero-order valence-electron chi connectivity index (χ0n) is 11.5. The molecule has 0 spiro atoms. The number of rotatable bonds is 5. The van der Waals surface area contributed by atoms with Gasteiger partial charge in [0.25, 0.3) is 5.69 Å². The van der Waals surface area contributed by atoms with Crippen molar-refractivity contribution < 1.29 is 14.8 Å². The van der Waals surface area contributed by atoms with E-state index in [1.165, 1.54) is 23.1 Å². The van der Waals surface area contributed by atoms with Gasteiger partial charge in [0, 0.05) is 25.7 Å². The molecule has 1 aliphatic rings. The lowest BCUT2D eigenvalue weighted by Crippen LogP contribution is -2.38. The zero-order chi connectivity index (χ0) is 15.6. The molecule has 7 nitrogen and oxygen atoms in total. The van der Waals surface area contributed by atoms with Crippen molar-refractivity contribution in [1.82, 2.24) is 4.90 Å². The molecule has 2 N–H and O–H groups in total. The maximum atomic E-state index is 12.0. The topological polar surface area (TPSA) is 95.7 Å². The van der Waals surface area contributed by atoms with E-state index in [1.54, 1.807) is 7.05 Å². The normalized spacial score (nSPS) is 15.4. The number of anilines is 1. The van der Waals surface area contributed by atoms with Crippen LogP contribution in [0.3, 0.4) is 0 Å². The molecule has 1 atom stereocenters. The number of non-ortho nitro benzene ring substituents is 1. The molecule has 0 bridgehead atoms. The maximum Gasteiger partial charge on any atom is 0.321 e. The monoisotopic (exact) mass is 313 g/mol. The van der Waals surface area contributed by atoms with Gasteiger partial charge in [-0.3, -0.25) is 10.1 Å². The van der Waals surface area contributed by atoms with Gasteiger partial charge in [0.1, 0.15) is 0 Å². The van der Waals surface area contributed by atoms with Crippen molar-refractivity contribution in [2.24, 2.45) is 5.92 Å². The van der Waals surface area contributed by atoms with Crippen molar-refractivity contribution in [3.63, 3.8) is 0 Å². The quantitative estimate of drug-likeness (QED) is 0.644. The highest BCUT2D eigenvalue weighted by molar-refractivity contribution is 6.33. The van der Waals surface area contributed by atoms with Crippen LogP contribution in [0.5, 0.6) is 0 Å². The van der Waals surface area contributed by atoms with E-state index in [2.05, 4.69) is 5.32 Å². The molecule has 1 saturated carbocycles. The van der Waals surface area contributed by atoms with E-state index in [0.717, 1.165) is 12.8 Å². The fourth-order valence-corrected chi connectivity index (χ4v) is 2.15. The summed E-state index contributed by atoms with van der Waals surface area (Å²) in [5, 5.41) is 23.1. The smallest absolute Gasteiger partial charge is 0.321 e. The molecule has 0 heterocycles. The minimum Gasteiger partial charge on any atom is -0.391 e. The second kappa shape index (κ2) is 6.28. The molecule has 1 fully saturated rings. The van der Waals surface area contributed by atoms with Crippen LogP contribution < -0.4 is 5.32 Å². The Balaban J connectivity index is 1.96. The third kappa shape index (κ3) is 4.05. The first-order chi connectivity index (χ1) is 9.88. The molecule has 1 aromatic rings. The number of halogens is 1. The Hall–Kier alpha value is -1.86. The minimum absolute atomic E-state index is 0.0914. The Bertz CT molecular complexity index is 562. The fourth-order valence-electron chi connectivity index (χ4n) is 1.92. The molecule has 0 radical (unpaired) electrons. The highest BCUT2D eigenvalue weighted by atomic mass is 35.5. The summed E-state index contributed by atoms with van der Waals surface area (Å²) < 4.78 is 0. The number of nitrogens with one attached hydrogen (secondary N) is 1. The van der Waals surface area contributed by atoms with Gasteiger partial charge < -0.3 is 15.3 Å². The number of aliphatic hydroxyl groups is 1. The van der Waals surface area contributed by atoms with Crippen LogP contribution in [0.2, 0.25) is 5.02 Å². The molecule has 114 valence electrons. The highest BCUT2D eigenvalue weighted by Gasteiger charge is 2.31. The molecule has 1 aromatic carbocycles. The largest absolute Gasteiger partial charge is 0.391 e. The van der Waals surface area contributed by atoms with Crippen molar-refractivity contribution >= 4 is 29.0 Å². The second-order valence-electron chi connectivity index (χ2n) is 5.14. The Labute approximate surface area is 126 Å². The van der Waals surface area contributed by atoms with Crippen molar-refractivity contribution in [3.8, 4) is 0 Å². The molecular formula is C13H16ClN3O4. The Morgan fingerprint density at radius 1 is 1.62 bits per heavy atom. The molecule has 0 aromatic heterocycles. The number of carbonyl (C=O) groups is 1. The Morgan fingerprint density at radius 3 is 2.81 bits per heavy atom. The van der Waals surface area contributed by atoms with Crippen LogP contribution in [0.25, 0.3) is 0 Å². The van der Waals surface area contributed by atoms with E-state index < -0.39 is 17.1 Å². The lowest BCUT2D eigenvalue weighted by molar-refractivity contribution is -0.384. The molecule has 21 heavy (non-hydrogen) atoms. The van der Waals surface area contributed by atoms with Gasteiger partial charge in [-0.1, -0.05) is 11.6 Å². The lowest BCUT2D eigenvalue weighted by atomic mass is 10.2. The van der Waals surface area contributed by atoms with E-state index in [-0.39, 0.29) is 23.2 Å². The number of hydrogen-bond acceptors (Lipinski definition) is 4. The van der Waals surface area contributed by atoms with Gasteiger partial charge in [0.05, 0.1) is 21.7 Å². The molecule has 2 rings (SSSR count). The number of amides is 2. The molecule has 8 heteroatoms. The summed E-state index contributed by atoms with van der Waals surface area (Å²) >= 11 is 5.90. The standard InChI is InChI=1S/C13H16ClN3O4/c1-16(7-12(18)8-2-3-8)13(19)15-11-5-4-9(17(20)21)6-10(11)14/h4-6,8,12,18H,2-3,7H2,1H3,(H,15,19). The van der Waals surface area contributed by atoms with Gasteiger partial charge in [-0.25, -0.2) is 4.79 Å². The van der Waals surface area contributed by atoms with E-state index >= 15 is 0 Å². The Kier molecular flexibility index (Phi) is 4.64. The summed E-state index contributed by atoms with van der Waals surface area (Å²) in [5.74, 6) is 0.281. The Morgan fingerprint density at radius 2 is 2.29 bits per heavy atom. The number of likely N-dealkylation sites (N-methyl/N-ethyl adjacent to an activating group) is 1. The lowest BCUT2D eigenvalue weighted by Gasteiger charge is -2.21. The van der Waals surface area contributed by atoms with Gasteiger partial charge >= 0.3 is 6.03 Å². The summed E-state index contributed by atoms with van der Waals surface area (Å²) in [5.41, 5.74) is 0.149. The zero-order valence-corrected chi connectivity index (χ0v) is 12.2. The molecule has 1 unspecified atom stereocenters. The van der Waals surface area contributed by atoms with Crippen molar-refractivity contribution in [2.45, 2.75) is 18.9 Å². The van der Waals surface area contributed by atoms with E-state index in [9.17, 15) is 20.0 Å². The van der Waals surface area contributed by atoms with Gasteiger partial charge in [-0.2, -0.15) is 0 Å². The molecular weight excluding hydrogens is 298 g/mol. The van der Waals surface area contributed by atoms with Gasteiger partial charge in [-0.15, -0.1) is 0 Å². The van der Waals surface area contributed by atoms with Crippen LogP contribution >= 0.6 is 11.6 Å². The number of benzene rings is 1. The average Bonchev–Trinajstić information content (AvgIpc) is 3.24.